The summed E-state index contributed by atoms with van der Waals surface area (Å²) in [4.78, 5) is 4.17. The molecule has 0 spiro atoms. The van der Waals surface area contributed by atoms with Gasteiger partial charge in [0.15, 0.2) is 0 Å². The SMILES string of the molecule is CCCNC(CCC(C)C)Cc1cnccc1N. The van der Waals surface area contributed by atoms with E-state index >= 15 is 0 Å². The van der Waals surface area contributed by atoms with Gasteiger partial charge in [0.1, 0.15) is 0 Å². The Morgan fingerprint density at radius 3 is 2.72 bits per heavy atom. The number of hydrogen-bond acceptors (Lipinski definition) is 3. The second-order valence-corrected chi connectivity index (χ2v) is 5.40. The van der Waals surface area contributed by atoms with E-state index in [1.165, 1.54) is 19.3 Å². The van der Waals surface area contributed by atoms with E-state index in [0.717, 1.165) is 30.1 Å². The molecule has 1 heterocycles. The Balaban J connectivity index is 2.56. The van der Waals surface area contributed by atoms with Gasteiger partial charge in [-0.15, -0.1) is 0 Å². The van der Waals surface area contributed by atoms with Crippen molar-refractivity contribution in [3.8, 4) is 0 Å². The van der Waals surface area contributed by atoms with E-state index in [0.29, 0.717) is 6.04 Å². The fraction of sp³-hybridized carbons (Fsp3) is 0.667. The van der Waals surface area contributed by atoms with Crippen molar-refractivity contribution in [3.63, 3.8) is 0 Å². The van der Waals surface area contributed by atoms with Crippen LogP contribution in [0.25, 0.3) is 0 Å². The molecule has 18 heavy (non-hydrogen) atoms. The molecule has 1 rings (SSSR count). The Kier molecular flexibility index (Phi) is 6.73. The summed E-state index contributed by atoms with van der Waals surface area (Å²) in [6.07, 6.45) is 8.24. The van der Waals surface area contributed by atoms with E-state index in [2.05, 4.69) is 31.1 Å². The molecule has 0 saturated carbocycles. The van der Waals surface area contributed by atoms with Crippen LogP contribution in [0, 0.1) is 5.92 Å². The minimum Gasteiger partial charge on any atom is -0.398 e. The van der Waals surface area contributed by atoms with Gasteiger partial charge in [-0.3, -0.25) is 4.98 Å². The third-order valence-corrected chi connectivity index (χ3v) is 3.18. The Morgan fingerprint density at radius 1 is 1.33 bits per heavy atom. The molecule has 0 amide bonds. The smallest absolute Gasteiger partial charge is 0.0378 e. The summed E-state index contributed by atoms with van der Waals surface area (Å²) in [6.45, 7) is 7.82. The molecule has 1 aromatic heterocycles. The standard InChI is InChI=1S/C15H27N3/c1-4-8-18-14(6-5-12(2)3)10-13-11-17-9-7-15(13)16/h7,9,11-12,14,18H,4-6,8,10H2,1-3H3,(H2,16,17). The molecule has 0 saturated heterocycles. The van der Waals surface area contributed by atoms with Crippen molar-refractivity contribution < 1.29 is 0 Å². The van der Waals surface area contributed by atoms with Crippen LogP contribution in [0.15, 0.2) is 18.5 Å². The number of anilines is 1. The van der Waals surface area contributed by atoms with Gasteiger partial charge in [0.2, 0.25) is 0 Å². The van der Waals surface area contributed by atoms with Crippen LogP contribution in [0.3, 0.4) is 0 Å². The predicted molar refractivity (Wildman–Crippen MR) is 78.5 cm³/mol. The third kappa shape index (κ3) is 5.50. The summed E-state index contributed by atoms with van der Waals surface area (Å²) in [5.74, 6) is 0.752. The molecule has 0 fully saturated rings. The van der Waals surface area contributed by atoms with Crippen molar-refractivity contribution in [2.24, 2.45) is 5.92 Å². The average Bonchev–Trinajstić information content (AvgIpc) is 2.35. The van der Waals surface area contributed by atoms with Crippen LogP contribution in [0.4, 0.5) is 5.69 Å². The van der Waals surface area contributed by atoms with Crippen LogP contribution in [0.2, 0.25) is 0 Å². The molecule has 1 aromatic rings. The van der Waals surface area contributed by atoms with Crippen molar-refractivity contribution >= 4 is 5.69 Å². The lowest BCUT2D eigenvalue weighted by molar-refractivity contribution is 0.427. The van der Waals surface area contributed by atoms with Crippen molar-refractivity contribution in [2.45, 2.75) is 52.5 Å². The van der Waals surface area contributed by atoms with E-state index in [1.807, 2.05) is 12.3 Å². The number of nitrogens with one attached hydrogen (secondary N) is 1. The first-order valence-corrected chi connectivity index (χ1v) is 7.05. The quantitative estimate of drug-likeness (QED) is 0.744. The van der Waals surface area contributed by atoms with Crippen molar-refractivity contribution in [1.29, 1.82) is 0 Å². The zero-order chi connectivity index (χ0) is 13.4. The van der Waals surface area contributed by atoms with Crippen LogP contribution < -0.4 is 11.1 Å². The summed E-state index contributed by atoms with van der Waals surface area (Å²) < 4.78 is 0. The minimum atomic E-state index is 0.513. The predicted octanol–water partition coefficient (Wildman–Crippen LogP) is 3.01. The Hall–Kier alpha value is -1.09. The highest BCUT2D eigenvalue weighted by Gasteiger charge is 2.11. The minimum absolute atomic E-state index is 0.513. The van der Waals surface area contributed by atoms with Crippen molar-refractivity contribution in [3.05, 3.63) is 24.0 Å². The summed E-state index contributed by atoms with van der Waals surface area (Å²) in [7, 11) is 0. The van der Waals surface area contributed by atoms with Crippen LogP contribution >= 0.6 is 0 Å². The maximum Gasteiger partial charge on any atom is 0.0378 e. The topological polar surface area (TPSA) is 50.9 Å². The number of hydrogen-bond donors (Lipinski definition) is 2. The van der Waals surface area contributed by atoms with Gasteiger partial charge in [0.05, 0.1) is 0 Å². The molecule has 1 unspecified atom stereocenters. The van der Waals surface area contributed by atoms with Crippen molar-refractivity contribution in [2.75, 3.05) is 12.3 Å². The van der Waals surface area contributed by atoms with Gasteiger partial charge in [-0.05, 0) is 49.8 Å². The fourth-order valence-electron chi connectivity index (χ4n) is 2.03. The largest absolute Gasteiger partial charge is 0.398 e. The summed E-state index contributed by atoms with van der Waals surface area (Å²) in [5.41, 5.74) is 8.01. The van der Waals surface area contributed by atoms with Gasteiger partial charge in [-0.1, -0.05) is 20.8 Å². The molecular formula is C15H27N3. The molecule has 3 nitrogen and oxygen atoms in total. The molecule has 0 bridgehead atoms. The first-order valence-electron chi connectivity index (χ1n) is 7.05. The van der Waals surface area contributed by atoms with Gasteiger partial charge >= 0.3 is 0 Å². The van der Waals surface area contributed by atoms with Gasteiger partial charge in [0.25, 0.3) is 0 Å². The Bertz CT molecular complexity index is 336. The van der Waals surface area contributed by atoms with Gasteiger partial charge in [0, 0.05) is 24.1 Å². The highest BCUT2D eigenvalue weighted by atomic mass is 14.9. The molecule has 0 radical (unpaired) electrons. The molecule has 0 aliphatic rings. The monoisotopic (exact) mass is 249 g/mol. The molecule has 3 heteroatoms. The van der Waals surface area contributed by atoms with E-state index in [4.69, 9.17) is 5.73 Å². The number of nitrogen functional groups attached to an aromatic ring is 1. The summed E-state index contributed by atoms with van der Waals surface area (Å²) >= 11 is 0. The Labute approximate surface area is 111 Å². The number of nitrogens with two attached hydrogens (primary N) is 1. The number of aromatic nitrogens is 1. The maximum absolute atomic E-state index is 5.99. The fourth-order valence-corrected chi connectivity index (χ4v) is 2.03. The normalized spacial score (nSPS) is 12.9. The lowest BCUT2D eigenvalue weighted by Crippen LogP contribution is -2.32. The first-order chi connectivity index (χ1) is 8.63. The van der Waals surface area contributed by atoms with Crippen molar-refractivity contribution in [1.82, 2.24) is 10.3 Å². The highest BCUT2D eigenvalue weighted by Crippen LogP contribution is 2.15. The second-order valence-electron chi connectivity index (χ2n) is 5.40. The number of rotatable bonds is 8. The van der Waals surface area contributed by atoms with Crippen LogP contribution in [0.1, 0.15) is 45.6 Å². The van der Waals surface area contributed by atoms with E-state index in [9.17, 15) is 0 Å². The van der Waals surface area contributed by atoms with Crippen LogP contribution in [-0.2, 0) is 6.42 Å². The van der Waals surface area contributed by atoms with E-state index in [1.54, 1.807) is 6.20 Å². The summed E-state index contributed by atoms with van der Waals surface area (Å²) in [6, 6.07) is 2.40. The maximum atomic E-state index is 5.99. The second kappa shape index (κ2) is 8.09. The zero-order valence-corrected chi connectivity index (χ0v) is 11.9. The average molecular weight is 249 g/mol. The summed E-state index contributed by atoms with van der Waals surface area (Å²) in [5, 5.41) is 3.62. The van der Waals surface area contributed by atoms with Gasteiger partial charge < -0.3 is 11.1 Å². The highest BCUT2D eigenvalue weighted by molar-refractivity contribution is 5.44. The van der Waals surface area contributed by atoms with Crippen LogP contribution in [-0.4, -0.2) is 17.6 Å². The molecule has 0 aliphatic carbocycles. The zero-order valence-electron chi connectivity index (χ0n) is 11.9. The molecule has 3 N–H and O–H groups in total. The lowest BCUT2D eigenvalue weighted by atomic mass is 9.98. The third-order valence-electron chi connectivity index (χ3n) is 3.18. The molecule has 1 atom stereocenters. The van der Waals surface area contributed by atoms with Gasteiger partial charge in [-0.25, -0.2) is 0 Å². The number of pyridine rings is 1. The van der Waals surface area contributed by atoms with E-state index in [-0.39, 0.29) is 0 Å². The molecular weight excluding hydrogens is 222 g/mol. The Morgan fingerprint density at radius 2 is 2.11 bits per heavy atom. The first kappa shape index (κ1) is 15.0. The molecule has 0 aliphatic heterocycles. The lowest BCUT2D eigenvalue weighted by Gasteiger charge is -2.20. The van der Waals surface area contributed by atoms with Gasteiger partial charge in [-0.2, -0.15) is 0 Å². The van der Waals surface area contributed by atoms with E-state index < -0.39 is 0 Å². The number of nitrogens with zero attached hydrogens (tertiary/aromatic N) is 1. The van der Waals surface area contributed by atoms with Crippen LogP contribution in [0.5, 0.6) is 0 Å². The molecule has 0 aromatic carbocycles. The molecule has 102 valence electrons.